The second-order valence-electron chi connectivity index (χ2n) is 11.5. The number of carboxylic acid groups (broad SMARTS) is 1. The predicted octanol–water partition coefficient (Wildman–Crippen LogP) is 3.26. The Labute approximate surface area is 245 Å². The van der Waals surface area contributed by atoms with Crippen LogP contribution in [-0.4, -0.2) is 93.9 Å². The maximum absolute atomic E-state index is 15.4. The zero-order valence-electron chi connectivity index (χ0n) is 23.7. The van der Waals surface area contributed by atoms with Gasteiger partial charge in [0.15, 0.2) is 10.8 Å². The number of carbonyl (C=O) groups excluding carboxylic acids is 1. The number of halogens is 3. The Bertz CT molecular complexity index is 1430. The van der Waals surface area contributed by atoms with Gasteiger partial charge in [0.05, 0.1) is 30.1 Å². The van der Waals surface area contributed by atoms with Crippen molar-refractivity contribution < 1.29 is 32.6 Å². The molecule has 3 aliphatic heterocycles. The number of esters is 1. The van der Waals surface area contributed by atoms with E-state index in [1.807, 2.05) is 0 Å². The molecule has 0 unspecified atom stereocenters. The number of thiazole rings is 1. The van der Waals surface area contributed by atoms with Gasteiger partial charge in [0.2, 0.25) is 5.95 Å². The third-order valence-corrected chi connectivity index (χ3v) is 8.77. The molecule has 2 aromatic rings. The van der Waals surface area contributed by atoms with Crippen molar-refractivity contribution in [1.29, 1.82) is 0 Å². The zero-order valence-corrected chi connectivity index (χ0v) is 24.6. The summed E-state index contributed by atoms with van der Waals surface area (Å²) in [4.78, 5) is 41.6. The lowest BCUT2D eigenvalue weighted by Crippen LogP contribution is -2.44. The fourth-order valence-corrected chi connectivity index (χ4v) is 6.55. The van der Waals surface area contributed by atoms with E-state index in [0.29, 0.717) is 27.8 Å². The number of pyridine rings is 1. The molecule has 0 radical (unpaired) electrons. The average molecular weight is 607 g/mol. The van der Waals surface area contributed by atoms with Gasteiger partial charge in [-0.2, -0.15) is 4.39 Å². The van der Waals surface area contributed by atoms with Gasteiger partial charge in [0.1, 0.15) is 6.04 Å². The summed E-state index contributed by atoms with van der Waals surface area (Å²) in [5.41, 5.74) is 0.160. The molecule has 5 rings (SSSR count). The second-order valence-corrected chi connectivity index (χ2v) is 12.4. The summed E-state index contributed by atoms with van der Waals surface area (Å²) in [5.74, 6) is -6.02. The summed E-state index contributed by atoms with van der Waals surface area (Å²) in [5, 5.41) is 15.0. The zero-order chi connectivity index (χ0) is 30.4. The molecule has 0 saturated carbocycles. The average Bonchev–Trinajstić information content (AvgIpc) is 3.62. The highest BCUT2D eigenvalue weighted by atomic mass is 32.1. The molecule has 0 spiro atoms. The van der Waals surface area contributed by atoms with Crippen molar-refractivity contribution >= 4 is 29.1 Å². The highest BCUT2D eigenvalue weighted by Gasteiger charge is 2.58. The minimum absolute atomic E-state index is 0.0460. The van der Waals surface area contributed by atoms with Crippen LogP contribution >= 0.6 is 11.3 Å². The van der Waals surface area contributed by atoms with E-state index in [2.05, 4.69) is 15.3 Å². The molecule has 2 saturated heterocycles. The van der Waals surface area contributed by atoms with Gasteiger partial charge in [-0.25, -0.2) is 23.5 Å². The van der Waals surface area contributed by atoms with E-state index in [4.69, 9.17) is 9.73 Å². The van der Waals surface area contributed by atoms with Gasteiger partial charge in [0.25, 0.3) is 5.92 Å². The summed E-state index contributed by atoms with van der Waals surface area (Å²) in [6, 6.07) is 1.18. The van der Waals surface area contributed by atoms with Crippen LogP contribution in [0.25, 0.3) is 0 Å². The van der Waals surface area contributed by atoms with Crippen LogP contribution in [0.3, 0.4) is 0 Å². The monoisotopic (exact) mass is 606 g/mol. The van der Waals surface area contributed by atoms with Crippen LogP contribution in [0.5, 0.6) is 0 Å². The van der Waals surface area contributed by atoms with Gasteiger partial charge in [-0.15, -0.1) is 11.3 Å². The van der Waals surface area contributed by atoms with Crippen molar-refractivity contribution in [2.75, 3.05) is 39.3 Å². The number of nitrogens with one attached hydrogen (secondary N) is 1. The van der Waals surface area contributed by atoms with Gasteiger partial charge < -0.3 is 20.1 Å². The smallest absolute Gasteiger partial charge is 0.338 e. The minimum Gasteiger partial charge on any atom is -0.481 e. The molecule has 42 heavy (non-hydrogen) atoms. The Morgan fingerprint density at radius 2 is 2.05 bits per heavy atom. The molecule has 3 aliphatic rings. The van der Waals surface area contributed by atoms with Gasteiger partial charge in [-0.3, -0.25) is 14.7 Å². The number of aryl methyl sites for hydroxylation is 1. The Balaban J connectivity index is 1.53. The highest BCUT2D eigenvalue weighted by Crippen LogP contribution is 2.44. The van der Waals surface area contributed by atoms with Crippen LogP contribution in [0.2, 0.25) is 0 Å². The van der Waals surface area contributed by atoms with Crippen molar-refractivity contribution in [2.45, 2.75) is 45.7 Å². The van der Waals surface area contributed by atoms with Gasteiger partial charge in [-0.1, -0.05) is 6.07 Å². The number of aliphatic imine (C=N–C) groups is 1. The van der Waals surface area contributed by atoms with E-state index in [1.54, 1.807) is 49.1 Å². The number of aliphatic carboxylic acids is 1. The molecule has 2 N–H and O–H groups in total. The number of carbonyl (C=O) groups is 2. The lowest BCUT2D eigenvalue weighted by Gasteiger charge is -2.32. The summed E-state index contributed by atoms with van der Waals surface area (Å²) >= 11 is 1.31. The molecule has 2 fully saturated rings. The van der Waals surface area contributed by atoms with Crippen molar-refractivity contribution in [2.24, 2.45) is 16.3 Å². The Kier molecular flexibility index (Phi) is 8.16. The van der Waals surface area contributed by atoms with Gasteiger partial charge in [-0.05, 0) is 33.8 Å². The first kappa shape index (κ1) is 30.1. The topological polar surface area (TPSA) is 120 Å². The van der Waals surface area contributed by atoms with Crippen molar-refractivity contribution in [3.05, 3.63) is 57.2 Å². The van der Waals surface area contributed by atoms with Crippen molar-refractivity contribution in [3.63, 3.8) is 0 Å². The predicted molar refractivity (Wildman–Crippen MR) is 149 cm³/mol. The number of likely N-dealkylation sites (tertiary alicyclic amines) is 2. The number of hydrogen-bond acceptors (Lipinski definition) is 10. The van der Waals surface area contributed by atoms with Crippen LogP contribution < -0.4 is 5.32 Å². The van der Waals surface area contributed by atoms with Crippen LogP contribution in [0.4, 0.5) is 13.2 Å². The minimum atomic E-state index is -3.02. The molecule has 14 heteroatoms. The number of alkyl halides is 2. The van der Waals surface area contributed by atoms with Crippen molar-refractivity contribution in [3.8, 4) is 0 Å². The first-order chi connectivity index (χ1) is 19.8. The van der Waals surface area contributed by atoms with E-state index < -0.39 is 53.8 Å². The number of amidine groups is 1. The van der Waals surface area contributed by atoms with Gasteiger partial charge in [0, 0.05) is 60.8 Å². The third-order valence-electron chi connectivity index (χ3n) is 7.99. The molecule has 10 nitrogen and oxygen atoms in total. The van der Waals surface area contributed by atoms with Crippen LogP contribution in [0.1, 0.15) is 43.1 Å². The fraction of sp³-hybridized carbons (Fsp3) is 0.536. The molecule has 0 aromatic carbocycles. The van der Waals surface area contributed by atoms with E-state index in [0.717, 1.165) is 0 Å². The second kappa shape index (κ2) is 11.4. The molecule has 0 amide bonds. The Hall–Kier alpha value is -3.36. The first-order valence-corrected chi connectivity index (χ1v) is 14.5. The van der Waals surface area contributed by atoms with Crippen LogP contribution in [0.15, 0.2) is 40.0 Å². The van der Waals surface area contributed by atoms with E-state index in [9.17, 15) is 19.1 Å². The van der Waals surface area contributed by atoms with E-state index in [-0.39, 0.29) is 38.4 Å². The van der Waals surface area contributed by atoms with Gasteiger partial charge >= 0.3 is 11.9 Å². The summed E-state index contributed by atoms with van der Waals surface area (Å²) in [6.45, 7) is 6.39. The number of carboxylic acids is 1. The number of fused-ring (bicyclic) bond motifs is 1. The molecule has 2 aromatic heterocycles. The van der Waals surface area contributed by atoms with Crippen LogP contribution in [0, 0.1) is 24.2 Å². The van der Waals surface area contributed by atoms with Crippen molar-refractivity contribution in [1.82, 2.24) is 25.1 Å². The quantitative estimate of drug-likeness (QED) is 0.327. The largest absolute Gasteiger partial charge is 0.481 e. The maximum Gasteiger partial charge on any atom is 0.338 e. The maximum atomic E-state index is 15.4. The number of rotatable bonds is 9. The molecule has 226 valence electrons. The molecule has 3 atom stereocenters. The number of aromatic nitrogens is 2. The standard InChI is InChI=1S/C28H33F3N6O4S/c1-5-41-25(38)21-18(11-37-14-28(30,31)17-10-36(12-19(17)37)13-27(3,4)26(39)40)34-23(24-32-8-9-42-24)35-22(21)16-6-7-20(29)33-15(16)2/h6-9,17,19,22H,5,10-14H2,1-4H3,(H,34,35)(H,39,40)/t17-,19+,22-/m1/s1. The summed E-state index contributed by atoms with van der Waals surface area (Å²) in [6.07, 6.45) is 1.60. The molecule has 0 bridgehead atoms. The molecular formula is C28H33F3N6O4S. The molecule has 5 heterocycles. The SMILES string of the molecule is CCOC(=O)C1=C(CN2CC(F)(F)[C@@H]3CN(CC(C)(C)C(=O)O)C[C@@H]32)NC(c2nccs2)=N[C@@H]1c1ccc(F)nc1C. The van der Waals surface area contributed by atoms with E-state index in [1.165, 1.54) is 23.5 Å². The Morgan fingerprint density at radius 3 is 2.69 bits per heavy atom. The molecular weight excluding hydrogens is 573 g/mol. The highest BCUT2D eigenvalue weighted by molar-refractivity contribution is 7.11. The molecule has 0 aliphatic carbocycles. The summed E-state index contributed by atoms with van der Waals surface area (Å²) < 4.78 is 50.1. The van der Waals surface area contributed by atoms with Crippen LogP contribution in [-0.2, 0) is 14.3 Å². The normalized spacial score (nSPS) is 24.4. The first-order valence-electron chi connectivity index (χ1n) is 13.7. The number of nitrogens with zero attached hydrogens (tertiary/aromatic N) is 5. The number of ether oxygens (including phenoxy) is 1. The lowest BCUT2D eigenvalue weighted by molar-refractivity contribution is -0.148. The third kappa shape index (κ3) is 5.79. The number of hydrogen-bond donors (Lipinski definition) is 2. The van der Waals surface area contributed by atoms with E-state index >= 15 is 8.78 Å². The fourth-order valence-electron chi connectivity index (χ4n) is 5.96. The summed E-state index contributed by atoms with van der Waals surface area (Å²) in [7, 11) is 0. The Morgan fingerprint density at radius 1 is 1.29 bits per heavy atom. The lowest BCUT2D eigenvalue weighted by atomic mass is 9.93.